The molecule has 1 N–H and O–H groups in total. The van der Waals surface area contributed by atoms with Crippen molar-refractivity contribution in [1.29, 1.82) is 0 Å². The molecule has 2 aromatic rings. The Morgan fingerprint density at radius 1 is 1.50 bits per heavy atom. The van der Waals surface area contributed by atoms with Gasteiger partial charge in [-0.05, 0) is 24.8 Å². The Bertz CT molecular complexity index is 566. The molecule has 0 spiro atoms. The number of aryl methyl sites for hydroxylation is 1. The van der Waals surface area contributed by atoms with Crippen LogP contribution in [0.5, 0.6) is 0 Å². The maximum atomic E-state index is 11.7. The van der Waals surface area contributed by atoms with Crippen LogP contribution in [-0.4, -0.2) is 40.9 Å². The molecule has 2 heterocycles. The van der Waals surface area contributed by atoms with E-state index in [-0.39, 0.29) is 12.5 Å². The summed E-state index contributed by atoms with van der Waals surface area (Å²) in [6, 6.07) is 0. The fourth-order valence-electron chi connectivity index (χ4n) is 1.57. The number of likely N-dealkylation sites (N-methyl/N-ethyl adjacent to an activating group) is 1. The van der Waals surface area contributed by atoms with Crippen molar-refractivity contribution in [3.8, 4) is 0 Å². The van der Waals surface area contributed by atoms with Crippen LogP contribution in [0.25, 0.3) is 10.2 Å². The number of rotatable bonds is 4. The van der Waals surface area contributed by atoms with E-state index in [4.69, 9.17) is 0 Å². The lowest BCUT2D eigenvalue weighted by Crippen LogP contribution is -2.32. The Balaban J connectivity index is 2.15. The Morgan fingerprint density at radius 3 is 3.00 bits per heavy atom. The van der Waals surface area contributed by atoms with Crippen molar-refractivity contribution in [3.05, 3.63) is 17.3 Å². The predicted molar refractivity (Wildman–Crippen MR) is 74.0 cm³/mol. The fourth-order valence-corrected chi connectivity index (χ4v) is 2.53. The average molecular weight is 264 g/mol. The van der Waals surface area contributed by atoms with Gasteiger partial charge >= 0.3 is 0 Å². The van der Waals surface area contributed by atoms with Crippen LogP contribution in [0.15, 0.2) is 11.7 Å². The van der Waals surface area contributed by atoms with Crippen LogP contribution in [-0.2, 0) is 4.79 Å². The van der Waals surface area contributed by atoms with Crippen molar-refractivity contribution in [2.45, 2.75) is 13.8 Å². The van der Waals surface area contributed by atoms with Crippen LogP contribution >= 0.6 is 11.3 Å². The summed E-state index contributed by atoms with van der Waals surface area (Å²) in [5.41, 5.74) is 2.09. The standard InChI is InChI=1S/C12H16N4OS/c1-4-16(3)9(17)5-13-12-11-10(14-7-15-12)8(2)6-18-11/h6-7H,4-5H2,1-3H3,(H,13,14,15). The first kappa shape index (κ1) is 12.8. The van der Waals surface area contributed by atoms with Crippen LogP contribution in [0.3, 0.4) is 0 Å². The number of aromatic nitrogens is 2. The van der Waals surface area contributed by atoms with Gasteiger partial charge < -0.3 is 10.2 Å². The molecule has 0 aliphatic heterocycles. The molecule has 0 saturated carbocycles. The predicted octanol–water partition coefficient (Wildman–Crippen LogP) is 1.89. The number of fused-ring (bicyclic) bond motifs is 1. The summed E-state index contributed by atoms with van der Waals surface area (Å²) in [5, 5.41) is 5.13. The van der Waals surface area contributed by atoms with E-state index >= 15 is 0 Å². The molecule has 0 atom stereocenters. The third-order valence-corrected chi connectivity index (χ3v) is 3.93. The van der Waals surface area contributed by atoms with Gasteiger partial charge in [-0.2, -0.15) is 0 Å². The number of hydrogen-bond donors (Lipinski definition) is 1. The van der Waals surface area contributed by atoms with Gasteiger partial charge in [0.1, 0.15) is 12.1 Å². The molecule has 96 valence electrons. The third kappa shape index (κ3) is 2.43. The summed E-state index contributed by atoms with van der Waals surface area (Å²) < 4.78 is 1.00. The Hall–Kier alpha value is -1.69. The lowest BCUT2D eigenvalue weighted by atomic mass is 10.3. The number of carbonyl (C=O) groups is 1. The van der Waals surface area contributed by atoms with Crippen molar-refractivity contribution in [3.63, 3.8) is 0 Å². The van der Waals surface area contributed by atoms with Gasteiger partial charge in [0.15, 0.2) is 0 Å². The van der Waals surface area contributed by atoms with Crippen LogP contribution in [0.2, 0.25) is 0 Å². The van der Waals surface area contributed by atoms with Crippen molar-refractivity contribution in [1.82, 2.24) is 14.9 Å². The van der Waals surface area contributed by atoms with Crippen LogP contribution in [0.1, 0.15) is 12.5 Å². The normalized spacial score (nSPS) is 10.6. The van der Waals surface area contributed by atoms with Crippen molar-refractivity contribution in [2.75, 3.05) is 25.5 Å². The van der Waals surface area contributed by atoms with Crippen LogP contribution in [0, 0.1) is 6.92 Å². The summed E-state index contributed by atoms with van der Waals surface area (Å²) in [4.78, 5) is 21.8. The fraction of sp³-hybridized carbons (Fsp3) is 0.417. The van der Waals surface area contributed by atoms with Gasteiger partial charge in [-0.25, -0.2) is 9.97 Å². The smallest absolute Gasteiger partial charge is 0.241 e. The molecule has 0 fully saturated rings. The number of hydrogen-bond acceptors (Lipinski definition) is 5. The second-order valence-electron chi connectivity index (χ2n) is 4.08. The monoisotopic (exact) mass is 264 g/mol. The molecular weight excluding hydrogens is 248 g/mol. The van der Waals surface area contributed by atoms with Gasteiger partial charge in [0, 0.05) is 13.6 Å². The number of carbonyl (C=O) groups excluding carboxylic acids is 1. The average Bonchev–Trinajstić information content (AvgIpc) is 2.77. The van der Waals surface area contributed by atoms with E-state index in [0.29, 0.717) is 6.54 Å². The highest BCUT2D eigenvalue weighted by Crippen LogP contribution is 2.28. The van der Waals surface area contributed by atoms with E-state index in [0.717, 1.165) is 21.6 Å². The zero-order valence-corrected chi connectivity index (χ0v) is 11.5. The highest BCUT2D eigenvalue weighted by Gasteiger charge is 2.10. The molecule has 2 rings (SSSR count). The van der Waals surface area contributed by atoms with Gasteiger partial charge in [0.05, 0.1) is 16.8 Å². The molecule has 1 amide bonds. The van der Waals surface area contributed by atoms with E-state index < -0.39 is 0 Å². The summed E-state index contributed by atoms with van der Waals surface area (Å²) >= 11 is 1.59. The van der Waals surface area contributed by atoms with E-state index in [1.54, 1.807) is 23.3 Å². The van der Waals surface area contributed by atoms with Crippen LogP contribution in [0.4, 0.5) is 5.82 Å². The quantitative estimate of drug-likeness (QED) is 0.916. The molecule has 18 heavy (non-hydrogen) atoms. The number of anilines is 1. The second kappa shape index (κ2) is 5.30. The summed E-state index contributed by atoms with van der Waals surface area (Å²) in [7, 11) is 1.79. The number of thiophene rings is 1. The zero-order chi connectivity index (χ0) is 13.1. The van der Waals surface area contributed by atoms with Crippen molar-refractivity contribution < 1.29 is 4.79 Å². The molecule has 6 heteroatoms. The Labute approximate surface area is 110 Å². The topological polar surface area (TPSA) is 58.1 Å². The molecule has 2 aromatic heterocycles. The highest BCUT2D eigenvalue weighted by atomic mass is 32.1. The first-order valence-corrected chi connectivity index (χ1v) is 6.68. The number of nitrogens with zero attached hydrogens (tertiary/aromatic N) is 3. The largest absolute Gasteiger partial charge is 0.360 e. The Kier molecular flexibility index (Phi) is 3.76. The molecule has 0 bridgehead atoms. The molecular formula is C12H16N4OS. The number of amides is 1. The lowest BCUT2D eigenvalue weighted by Gasteiger charge is -2.15. The van der Waals surface area contributed by atoms with E-state index in [1.165, 1.54) is 6.33 Å². The molecule has 0 saturated heterocycles. The van der Waals surface area contributed by atoms with Gasteiger partial charge in [-0.15, -0.1) is 11.3 Å². The van der Waals surface area contributed by atoms with Crippen molar-refractivity contribution >= 4 is 33.3 Å². The molecule has 5 nitrogen and oxygen atoms in total. The SMILES string of the molecule is CCN(C)C(=O)CNc1ncnc2c(C)csc12. The second-order valence-corrected chi connectivity index (χ2v) is 4.96. The number of nitrogens with one attached hydrogen (secondary N) is 1. The molecule has 0 unspecified atom stereocenters. The van der Waals surface area contributed by atoms with Crippen LogP contribution < -0.4 is 5.32 Å². The van der Waals surface area contributed by atoms with Gasteiger partial charge in [-0.3, -0.25) is 4.79 Å². The lowest BCUT2D eigenvalue weighted by molar-refractivity contribution is -0.127. The maximum Gasteiger partial charge on any atom is 0.241 e. The first-order valence-electron chi connectivity index (χ1n) is 5.80. The molecule has 0 aliphatic rings. The highest BCUT2D eigenvalue weighted by molar-refractivity contribution is 7.18. The minimum atomic E-state index is 0.0533. The maximum absolute atomic E-state index is 11.7. The van der Waals surface area contributed by atoms with Crippen molar-refractivity contribution in [2.24, 2.45) is 0 Å². The third-order valence-electron chi connectivity index (χ3n) is 2.84. The van der Waals surface area contributed by atoms with Gasteiger partial charge in [0.2, 0.25) is 5.91 Å². The molecule has 0 aromatic carbocycles. The van der Waals surface area contributed by atoms with E-state index in [9.17, 15) is 4.79 Å². The minimum Gasteiger partial charge on any atom is -0.360 e. The first-order chi connectivity index (χ1) is 8.63. The molecule has 0 aliphatic carbocycles. The van der Waals surface area contributed by atoms with E-state index in [2.05, 4.69) is 15.3 Å². The van der Waals surface area contributed by atoms with E-state index in [1.807, 2.05) is 19.2 Å². The zero-order valence-electron chi connectivity index (χ0n) is 10.7. The molecule has 0 radical (unpaired) electrons. The van der Waals surface area contributed by atoms with Gasteiger partial charge in [0.25, 0.3) is 0 Å². The summed E-state index contributed by atoms with van der Waals surface area (Å²) in [5.74, 6) is 0.786. The Morgan fingerprint density at radius 2 is 2.28 bits per heavy atom. The summed E-state index contributed by atoms with van der Waals surface area (Å²) in [6.45, 7) is 4.93. The minimum absolute atomic E-state index is 0.0533. The summed E-state index contributed by atoms with van der Waals surface area (Å²) in [6.07, 6.45) is 1.53. The van der Waals surface area contributed by atoms with Gasteiger partial charge in [-0.1, -0.05) is 0 Å².